The van der Waals surface area contributed by atoms with Gasteiger partial charge in [0.05, 0.1) is 0 Å². The summed E-state index contributed by atoms with van der Waals surface area (Å²) in [6, 6.07) is 19.8. The van der Waals surface area contributed by atoms with Gasteiger partial charge in [0.1, 0.15) is 0 Å². The average Bonchev–Trinajstić information content (AvgIpc) is 2.51. The quantitative estimate of drug-likeness (QED) is 0.362. The minimum absolute atomic E-state index is 0.183. The lowest BCUT2D eigenvalue weighted by atomic mass is 9.83. The van der Waals surface area contributed by atoms with Gasteiger partial charge < -0.3 is 0 Å². The van der Waals surface area contributed by atoms with Gasteiger partial charge in [-0.15, -0.1) is 0 Å². The number of rotatable bonds is 0. The van der Waals surface area contributed by atoms with E-state index in [1.807, 2.05) is 13.8 Å². The van der Waals surface area contributed by atoms with Crippen LogP contribution in [0.15, 0.2) is 54.6 Å². The lowest BCUT2D eigenvalue weighted by molar-refractivity contribution is 0.469. The van der Waals surface area contributed by atoms with E-state index in [1.54, 1.807) is 0 Å². The van der Waals surface area contributed by atoms with Crippen LogP contribution in [0, 0.1) is 5.41 Å². The third-order valence-corrected chi connectivity index (χ3v) is 3.55. The molecule has 0 aliphatic heterocycles. The minimum Gasteiger partial charge on any atom is -0.0683 e. The summed E-state index contributed by atoms with van der Waals surface area (Å²) in [5.74, 6) is 0. The zero-order valence-corrected chi connectivity index (χ0v) is 17.7. The molecule has 0 unspecified atom stereocenters. The number of benzene rings is 3. The highest BCUT2D eigenvalue weighted by Gasteiger charge is 2.16. The van der Waals surface area contributed by atoms with Crippen LogP contribution in [0.4, 0.5) is 0 Å². The van der Waals surface area contributed by atoms with Crippen LogP contribution < -0.4 is 0 Å². The molecule has 0 heteroatoms. The van der Waals surface area contributed by atoms with E-state index in [9.17, 15) is 0 Å². The normalized spacial score (nSPS) is 11.4. The van der Waals surface area contributed by atoms with Gasteiger partial charge in [0.2, 0.25) is 0 Å². The second kappa shape index (κ2) is 8.52. The Labute approximate surface area is 155 Å². The summed E-state index contributed by atoms with van der Waals surface area (Å²) in [6.45, 7) is 19.6. The molecule has 3 rings (SSSR count). The highest BCUT2D eigenvalue weighted by Crippen LogP contribution is 2.32. The van der Waals surface area contributed by atoms with Crippen LogP contribution in [0.5, 0.6) is 0 Å². The monoisotopic (exact) mass is 336 g/mol. The maximum Gasteiger partial charge on any atom is -0.0126 e. The molecule has 0 radical (unpaired) electrons. The van der Waals surface area contributed by atoms with Gasteiger partial charge in [0.15, 0.2) is 0 Å². The van der Waals surface area contributed by atoms with Gasteiger partial charge in [-0.1, -0.05) is 105 Å². The van der Waals surface area contributed by atoms with Crippen LogP contribution in [-0.2, 0) is 5.41 Å². The van der Waals surface area contributed by atoms with Crippen molar-refractivity contribution in [3.63, 3.8) is 0 Å². The molecule has 0 fully saturated rings. The van der Waals surface area contributed by atoms with E-state index in [0.29, 0.717) is 5.41 Å². The molecule has 0 bridgehead atoms. The summed E-state index contributed by atoms with van der Waals surface area (Å²) in [7, 11) is 0. The van der Waals surface area contributed by atoms with Gasteiger partial charge >= 0.3 is 0 Å². The zero-order chi connectivity index (χ0) is 19.3. The molecule has 0 aliphatic rings. The van der Waals surface area contributed by atoms with Gasteiger partial charge in [-0.05, 0) is 50.1 Å². The molecule has 0 N–H and O–H groups in total. The summed E-state index contributed by atoms with van der Waals surface area (Å²) in [4.78, 5) is 0. The summed E-state index contributed by atoms with van der Waals surface area (Å²) in [5, 5.41) is 5.35. The molecule has 0 spiro atoms. The van der Waals surface area contributed by atoms with Gasteiger partial charge in [-0.2, -0.15) is 0 Å². The van der Waals surface area contributed by atoms with E-state index in [1.165, 1.54) is 27.1 Å². The van der Waals surface area contributed by atoms with Gasteiger partial charge in [-0.3, -0.25) is 0 Å². The largest absolute Gasteiger partial charge is 0.0683 e. The lowest BCUT2D eigenvalue weighted by Crippen LogP contribution is -2.11. The van der Waals surface area contributed by atoms with Crippen LogP contribution in [0.3, 0.4) is 0 Å². The van der Waals surface area contributed by atoms with Crippen molar-refractivity contribution in [1.29, 1.82) is 0 Å². The summed E-state index contributed by atoms with van der Waals surface area (Å²) >= 11 is 0. The summed E-state index contributed by atoms with van der Waals surface area (Å²) in [5.41, 5.74) is 2.10. The SMILES string of the molecule is CC.CC(C)(C)C.CC(C)(C)c1cccc2cc3ccccc3cc12. The van der Waals surface area contributed by atoms with E-state index in [2.05, 4.69) is 103 Å². The molecule has 0 saturated carbocycles. The fourth-order valence-corrected chi connectivity index (χ4v) is 2.62. The molecule has 0 atom stereocenters. The van der Waals surface area contributed by atoms with E-state index in [-0.39, 0.29) is 5.41 Å². The maximum absolute atomic E-state index is 2.32. The van der Waals surface area contributed by atoms with Crippen molar-refractivity contribution in [3.05, 3.63) is 60.2 Å². The molecular weight excluding hydrogens is 300 g/mol. The van der Waals surface area contributed by atoms with Crippen molar-refractivity contribution < 1.29 is 0 Å². The first-order valence-corrected chi connectivity index (χ1v) is 9.48. The fraction of sp³-hybridized carbons (Fsp3) is 0.440. The Hall–Kier alpha value is -1.82. The van der Waals surface area contributed by atoms with Crippen LogP contribution in [0.25, 0.3) is 21.5 Å². The Morgan fingerprint density at radius 3 is 1.48 bits per heavy atom. The van der Waals surface area contributed by atoms with E-state index < -0.39 is 0 Å². The molecule has 25 heavy (non-hydrogen) atoms. The Morgan fingerprint density at radius 2 is 1.00 bits per heavy atom. The number of fused-ring (bicyclic) bond motifs is 2. The van der Waals surface area contributed by atoms with Crippen molar-refractivity contribution in [2.75, 3.05) is 0 Å². The molecular formula is C25H36. The van der Waals surface area contributed by atoms with E-state index in [0.717, 1.165) is 0 Å². The fourth-order valence-electron chi connectivity index (χ4n) is 2.62. The second-order valence-corrected chi connectivity index (χ2v) is 8.98. The molecule has 0 aliphatic carbocycles. The third kappa shape index (κ3) is 6.53. The van der Waals surface area contributed by atoms with Gasteiger partial charge in [-0.25, -0.2) is 0 Å². The molecule has 3 aromatic rings. The summed E-state index contributed by atoms with van der Waals surface area (Å²) < 4.78 is 0. The highest BCUT2D eigenvalue weighted by molar-refractivity contribution is 5.99. The van der Waals surface area contributed by atoms with E-state index >= 15 is 0 Å². The summed E-state index contributed by atoms with van der Waals surface area (Å²) in [6.07, 6.45) is 0. The Balaban J connectivity index is 0.000000388. The van der Waals surface area contributed by atoms with Crippen LogP contribution in [-0.4, -0.2) is 0 Å². The molecule has 0 saturated heterocycles. The first-order valence-electron chi connectivity index (χ1n) is 9.48. The van der Waals surface area contributed by atoms with Crippen molar-refractivity contribution in [1.82, 2.24) is 0 Å². The van der Waals surface area contributed by atoms with Gasteiger partial charge in [0.25, 0.3) is 0 Å². The zero-order valence-electron chi connectivity index (χ0n) is 17.7. The first kappa shape index (κ1) is 21.2. The van der Waals surface area contributed by atoms with Crippen LogP contribution in [0.1, 0.15) is 67.9 Å². The Morgan fingerprint density at radius 1 is 0.560 bits per heavy atom. The smallest absolute Gasteiger partial charge is 0.0126 e. The molecule has 3 aromatic carbocycles. The number of hydrogen-bond donors (Lipinski definition) is 0. The average molecular weight is 337 g/mol. The predicted molar refractivity (Wildman–Crippen MR) is 117 cm³/mol. The molecule has 0 aromatic heterocycles. The van der Waals surface area contributed by atoms with Crippen molar-refractivity contribution in [2.24, 2.45) is 5.41 Å². The van der Waals surface area contributed by atoms with Crippen molar-refractivity contribution >= 4 is 21.5 Å². The van der Waals surface area contributed by atoms with Crippen LogP contribution >= 0.6 is 0 Å². The standard InChI is InChI=1S/C18H18.C5H12.C2H6/c1-18(2,3)17-10-6-9-15-11-13-7-4-5-8-14(13)12-16(15)17;1-5(2,3)4;1-2/h4-12H,1-3H3;1-4H3;1-2H3. The van der Waals surface area contributed by atoms with Gasteiger partial charge in [0, 0.05) is 0 Å². The lowest BCUT2D eigenvalue weighted by Gasteiger charge is -2.21. The van der Waals surface area contributed by atoms with E-state index in [4.69, 9.17) is 0 Å². The first-order chi connectivity index (χ1) is 11.6. The molecule has 0 heterocycles. The predicted octanol–water partition coefficient (Wildman–Crippen LogP) is 8.37. The topological polar surface area (TPSA) is 0 Å². The highest BCUT2D eigenvalue weighted by atomic mass is 14.2. The van der Waals surface area contributed by atoms with Crippen LogP contribution in [0.2, 0.25) is 0 Å². The Kier molecular flexibility index (Phi) is 7.23. The molecule has 136 valence electrons. The maximum atomic E-state index is 2.32. The molecule has 0 nitrogen and oxygen atoms in total. The Bertz CT molecular complexity index is 789. The van der Waals surface area contributed by atoms with Crippen molar-refractivity contribution in [3.8, 4) is 0 Å². The second-order valence-electron chi connectivity index (χ2n) is 8.98. The molecule has 0 amide bonds. The minimum atomic E-state index is 0.183. The third-order valence-electron chi connectivity index (χ3n) is 3.55. The van der Waals surface area contributed by atoms with Crippen molar-refractivity contribution in [2.45, 2.75) is 67.7 Å². The number of hydrogen-bond acceptors (Lipinski definition) is 0.